The summed E-state index contributed by atoms with van der Waals surface area (Å²) in [6.07, 6.45) is 4.90. The van der Waals surface area contributed by atoms with Gasteiger partial charge in [-0.25, -0.2) is 9.78 Å². The SMILES string of the molecule is CC[C@@H](C)[C@@H](c1ccc(C(=O)O)cc1)n1cncc1C=O. The first kappa shape index (κ1) is 15.0. The van der Waals surface area contributed by atoms with Gasteiger partial charge in [0.05, 0.1) is 24.1 Å². The quantitative estimate of drug-likeness (QED) is 0.828. The number of aromatic nitrogens is 2. The minimum atomic E-state index is -0.946. The van der Waals surface area contributed by atoms with Gasteiger partial charge in [-0.1, -0.05) is 32.4 Å². The highest BCUT2D eigenvalue weighted by atomic mass is 16.4. The fourth-order valence-electron chi connectivity index (χ4n) is 2.45. The van der Waals surface area contributed by atoms with Gasteiger partial charge in [0.25, 0.3) is 0 Å². The van der Waals surface area contributed by atoms with E-state index in [4.69, 9.17) is 5.11 Å². The normalized spacial score (nSPS) is 13.6. The zero-order valence-corrected chi connectivity index (χ0v) is 12.1. The van der Waals surface area contributed by atoms with Crippen molar-refractivity contribution >= 4 is 12.3 Å². The Labute approximate surface area is 123 Å². The van der Waals surface area contributed by atoms with Gasteiger partial charge in [-0.15, -0.1) is 0 Å². The van der Waals surface area contributed by atoms with Crippen LogP contribution in [0.1, 0.15) is 52.7 Å². The fourth-order valence-corrected chi connectivity index (χ4v) is 2.45. The summed E-state index contributed by atoms with van der Waals surface area (Å²) in [6, 6.07) is 6.74. The fraction of sp³-hybridized carbons (Fsp3) is 0.312. The lowest BCUT2D eigenvalue weighted by Gasteiger charge is -2.26. The van der Waals surface area contributed by atoms with Crippen LogP contribution in [0, 0.1) is 5.92 Å². The molecule has 0 fully saturated rings. The summed E-state index contributed by atoms with van der Waals surface area (Å²) >= 11 is 0. The molecule has 0 aliphatic rings. The van der Waals surface area contributed by atoms with E-state index < -0.39 is 5.97 Å². The summed E-state index contributed by atoms with van der Waals surface area (Å²) in [5.41, 5.74) is 1.74. The highest BCUT2D eigenvalue weighted by Gasteiger charge is 2.22. The maximum atomic E-state index is 11.1. The molecule has 1 aromatic carbocycles. The van der Waals surface area contributed by atoms with E-state index in [0.717, 1.165) is 18.3 Å². The third-order valence-corrected chi connectivity index (χ3v) is 3.80. The average molecular weight is 286 g/mol. The number of hydrogen-bond donors (Lipinski definition) is 1. The van der Waals surface area contributed by atoms with Crippen molar-refractivity contribution in [2.45, 2.75) is 26.3 Å². The Morgan fingerprint density at radius 1 is 1.38 bits per heavy atom. The first-order valence-electron chi connectivity index (χ1n) is 6.88. The average Bonchev–Trinajstić information content (AvgIpc) is 2.96. The van der Waals surface area contributed by atoms with E-state index in [1.54, 1.807) is 30.6 Å². The minimum Gasteiger partial charge on any atom is -0.478 e. The molecular formula is C16H18N2O3. The molecule has 0 unspecified atom stereocenters. The maximum absolute atomic E-state index is 11.1. The van der Waals surface area contributed by atoms with Gasteiger partial charge in [-0.3, -0.25) is 4.79 Å². The van der Waals surface area contributed by atoms with Gasteiger partial charge in [-0.05, 0) is 23.6 Å². The van der Waals surface area contributed by atoms with Crippen LogP contribution in [0.25, 0.3) is 0 Å². The van der Waals surface area contributed by atoms with Crippen molar-refractivity contribution in [2.24, 2.45) is 5.92 Å². The van der Waals surface area contributed by atoms with Gasteiger partial charge < -0.3 is 9.67 Å². The summed E-state index contributed by atoms with van der Waals surface area (Å²) in [4.78, 5) is 26.1. The van der Waals surface area contributed by atoms with E-state index in [-0.39, 0.29) is 17.5 Å². The summed E-state index contributed by atoms with van der Waals surface area (Å²) in [7, 11) is 0. The first-order chi connectivity index (χ1) is 10.1. The Hall–Kier alpha value is -2.43. The summed E-state index contributed by atoms with van der Waals surface area (Å²) in [5, 5.41) is 8.97. The van der Waals surface area contributed by atoms with Crippen LogP contribution in [0.5, 0.6) is 0 Å². The second-order valence-electron chi connectivity index (χ2n) is 5.10. The first-order valence-corrected chi connectivity index (χ1v) is 6.88. The molecule has 0 saturated heterocycles. The van der Waals surface area contributed by atoms with Crippen LogP contribution in [0.2, 0.25) is 0 Å². The van der Waals surface area contributed by atoms with E-state index in [1.807, 2.05) is 4.57 Å². The Balaban J connectivity index is 2.45. The predicted molar refractivity (Wildman–Crippen MR) is 78.6 cm³/mol. The molecule has 1 heterocycles. The van der Waals surface area contributed by atoms with E-state index in [1.165, 1.54) is 6.20 Å². The number of rotatable bonds is 6. The lowest BCUT2D eigenvalue weighted by Crippen LogP contribution is -2.19. The topological polar surface area (TPSA) is 72.2 Å². The van der Waals surface area contributed by atoms with Gasteiger partial charge in [-0.2, -0.15) is 0 Å². The number of aldehydes is 1. The van der Waals surface area contributed by atoms with Crippen LogP contribution in [-0.4, -0.2) is 26.9 Å². The Morgan fingerprint density at radius 2 is 2.05 bits per heavy atom. The largest absolute Gasteiger partial charge is 0.478 e. The smallest absolute Gasteiger partial charge is 0.335 e. The highest BCUT2D eigenvalue weighted by Crippen LogP contribution is 2.29. The van der Waals surface area contributed by atoms with Gasteiger partial charge >= 0.3 is 5.97 Å². The number of nitrogens with zero attached hydrogens (tertiary/aromatic N) is 2. The van der Waals surface area contributed by atoms with Crippen molar-refractivity contribution in [2.75, 3.05) is 0 Å². The standard InChI is InChI=1S/C16H18N2O3/c1-3-11(2)15(18-10-17-8-14(18)9-19)12-4-6-13(7-5-12)16(20)21/h4-11,15H,3H2,1-2H3,(H,20,21)/t11-,15+/m1/s1. The second kappa shape index (κ2) is 6.35. The molecular weight excluding hydrogens is 268 g/mol. The van der Waals surface area contributed by atoms with E-state index in [2.05, 4.69) is 18.8 Å². The molecule has 2 atom stereocenters. The zero-order valence-electron chi connectivity index (χ0n) is 12.1. The molecule has 0 radical (unpaired) electrons. The van der Waals surface area contributed by atoms with Gasteiger partial charge in [0, 0.05) is 0 Å². The highest BCUT2D eigenvalue weighted by molar-refractivity contribution is 5.87. The third-order valence-electron chi connectivity index (χ3n) is 3.80. The molecule has 5 heteroatoms. The number of imidazole rings is 1. The summed E-state index contributed by atoms with van der Waals surface area (Å²) in [6.45, 7) is 4.19. The van der Waals surface area contributed by atoms with Crippen molar-refractivity contribution in [3.05, 3.63) is 53.6 Å². The molecule has 0 bridgehead atoms. The predicted octanol–water partition coefficient (Wildman–Crippen LogP) is 3.03. The van der Waals surface area contributed by atoms with Gasteiger partial charge in [0.1, 0.15) is 5.69 Å². The van der Waals surface area contributed by atoms with Crippen LogP contribution < -0.4 is 0 Å². The second-order valence-corrected chi connectivity index (χ2v) is 5.10. The van der Waals surface area contributed by atoms with Crippen LogP contribution >= 0.6 is 0 Å². The lowest BCUT2D eigenvalue weighted by molar-refractivity contribution is 0.0696. The third kappa shape index (κ3) is 3.02. The Bertz CT molecular complexity index is 631. The Morgan fingerprint density at radius 3 is 2.57 bits per heavy atom. The lowest BCUT2D eigenvalue weighted by atomic mass is 9.91. The number of carboxylic acid groups (broad SMARTS) is 1. The molecule has 2 rings (SSSR count). The van der Waals surface area contributed by atoms with Crippen LogP contribution in [-0.2, 0) is 0 Å². The van der Waals surface area contributed by atoms with Gasteiger partial charge in [0.2, 0.25) is 0 Å². The maximum Gasteiger partial charge on any atom is 0.335 e. The summed E-state index contributed by atoms with van der Waals surface area (Å²) < 4.78 is 1.84. The van der Waals surface area contributed by atoms with E-state index in [9.17, 15) is 9.59 Å². The molecule has 110 valence electrons. The number of carboxylic acids is 1. The number of carbonyl (C=O) groups excluding carboxylic acids is 1. The number of carbonyl (C=O) groups is 2. The van der Waals surface area contributed by atoms with Crippen molar-refractivity contribution < 1.29 is 14.7 Å². The van der Waals surface area contributed by atoms with E-state index in [0.29, 0.717) is 5.69 Å². The van der Waals surface area contributed by atoms with Gasteiger partial charge in [0.15, 0.2) is 6.29 Å². The Kier molecular flexibility index (Phi) is 4.52. The monoisotopic (exact) mass is 286 g/mol. The molecule has 0 spiro atoms. The molecule has 5 nitrogen and oxygen atoms in total. The minimum absolute atomic E-state index is 0.0412. The molecule has 21 heavy (non-hydrogen) atoms. The van der Waals surface area contributed by atoms with Crippen molar-refractivity contribution in [3.8, 4) is 0 Å². The van der Waals surface area contributed by atoms with Crippen LogP contribution in [0.15, 0.2) is 36.8 Å². The molecule has 0 amide bonds. The van der Waals surface area contributed by atoms with Crippen molar-refractivity contribution in [3.63, 3.8) is 0 Å². The van der Waals surface area contributed by atoms with Crippen LogP contribution in [0.4, 0.5) is 0 Å². The van der Waals surface area contributed by atoms with E-state index >= 15 is 0 Å². The number of hydrogen-bond acceptors (Lipinski definition) is 3. The summed E-state index contributed by atoms with van der Waals surface area (Å²) in [5.74, 6) is -0.661. The van der Waals surface area contributed by atoms with Crippen molar-refractivity contribution in [1.82, 2.24) is 9.55 Å². The van der Waals surface area contributed by atoms with Crippen molar-refractivity contribution in [1.29, 1.82) is 0 Å². The molecule has 2 aromatic rings. The molecule has 0 aliphatic carbocycles. The number of benzene rings is 1. The molecule has 0 aliphatic heterocycles. The molecule has 1 N–H and O–H groups in total. The molecule has 1 aromatic heterocycles. The zero-order chi connectivity index (χ0) is 15.4. The molecule has 0 saturated carbocycles. The number of aromatic carboxylic acids is 1. The van der Waals surface area contributed by atoms with Crippen LogP contribution in [0.3, 0.4) is 0 Å².